The van der Waals surface area contributed by atoms with Crippen LogP contribution >= 0.6 is 0 Å². The van der Waals surface area contributed by atoms with E-state index in [2.05, 4.69) is 33.5 Å². The number of anilines is 1. The van der Waals surface area contributed by atoms with Crippen LogP contribution in [0, 0.1) is 0 Å². The van der Waals surface area contributed by atoms with Crippen molar-refractivity contribution in [2.75, 3.05) is 57.4 Å². The number of aliphatic imine (C=N–C) groups is 1. The molecule has 1 aromatic rings. The number of aromatic nitrogens is 1. The number of amides is 1. The summed E-state index contributed by atoms with van der Waals surface area (Å²) in [5, 5.41) is 6.86. The summed E-state index contributed by atoms with van der Waals surface area (Å²) in [5.41, 5.74) is 1.11. The van der Waals surface area contributed by atoms with E-state index < -0.39 is 0 Å². The first-order valence-electron chi connectivity index (χ1n) is 10.9. The Labute approximate surface area is 178 Å². The highest BCUT2D eigenvalue weighted by Crippen LogP contribution is 2.19. The number of nitrogens with one attached hydrogen (secondary N) is 2. The molecule has 0 bridgehead atoms. The van der Waals surface area contributed by atoms with Crippen molar-refractivity contribution in [1.82, 2.24) is 20.5 Å². The Morgan fingerprint density at radius 2 is 2.03 bits per heavy atom. The molecule has 2 N–H and O–H groups in total. The van der Waals surface area contributed by atoms with Crippen LogP contribution in [-0.2, 0) is 16.0 Å². The first-order valence-corrected chi connectivity index (χ1v) is 10.9. The number of guanidine groups is 1. The van der Waals surface area contributed by atoms with Crippen LogP contribution in [0.1, 0.15) is 32.3 Å². The number of pyridine rings is 1. The molecule has 0 aliphatic carbocycles. The van der Waals surface area contributed by atoms with Gasteiger partial charge in [-0.15, -0.1) is 0 Å². The number of ether oxygens (including phenoxy) is 2. The van der Waals surface area contributed by atoms with Gasteiger partial charge in [0.25, 0.3) is 0 Å². The maximum absolute atomic E-state index is 11.9. The highest BCUT2D eigenvalue weighted by Gasteiger charge is 2.24. The van der Waals surface area contributed by atoms with Crippen molar-refractivity contribution in [2.24, 2.45) is 4.99 Å². The van der Waals surface area contributed by atoms with Crippen LogP contribution in [-0.4, -0.2) is 80.5 Å². The Balaban J connectivity index is 1.58. The molecule has 0 unspecified atom stereocenters. The maximum atomic E-state index is 11.9. The van der Waals surface area contributed by atoms with Crippen molar-refractivity contribution in [1.29, 1.82) is 0 Å². The van der Waals surface area contributed by atoms with Gasteiger partial charge in [-0.25, -0.2) is 14.8 Å². The number of carbonyl (C=O) groups excluding carboxylic acids is 1. The minimum atomic E-state index is -0.219. The standard InChI is InChI=1S/C21H34N6O3/c1-3-22-20(25-18-7-10-27(11-8-18)21(28)30-4-2)24-16-17-6-5-9-23-19(17)26-12-14-29-15-13-26/h5-6,9,18H,3-4,7-8,10-16H2,1-2H3,(H2,22,24,25). The van der Waals surface area contributed by atoms with Crippen LogP contribution in [0.4, 0.5) is 10.6 Å². The summed E-state index contributed by atoms with van der Waals surface area (Å²) >= 11 is 0. The molecule has 0 radical (unpaired) electrons. The lowest BCUT2D eigenvalue weighted by molar-refractivity contribution is 0.0963. The van der Waals surface area contributed by atoms with E-state index in [0.29, 0.717) is 26.2 Å². The molecule has 2 saturated heterocycles. The van der Waals surface area contributed by atoms with Crippen molar-refractivity contribution >= 4 is 17.9 Å². The molecule has 0 aromatic carbocycles. The lowest BCUT2D eigenvalue weighted by atomic mass is 10.1. The zero-order valence-electron chi connectivity index (χ0n) is 18.1. The van der Waals surface area contributed by atoms with Crippen molar-refractivity contribution in [3.63, 3.8) is 0 Å². The molecule has 2 aliphatic heterocycles. The van der Waals surface area contributed by atoms with Crippen molar-refractivity contribution in [3.8, 4) is 0 Å². The van der Waals surface area contributed by atoms with Gasteiger partial charge in [0.05, 0.1) is 26.4 Å². The highest BCUT2D eigenvalue weighted by molar-refractivity contribution is 5.80. The summed E-state index contributed by atoms with van der Waals surface area (Å²) < 4.78 is 10.6. The van der Waals surface area contributed by atoms with Crippen LogP contribution in [0.15, 0.2) is 23.3 Å². The molecule has 0 saturated carbocycles. The summed E-state index contributed by atoms with van der Waals surface area (Å²) in [6.07, 6.45) is 3.35. The highest BCUT2D eigenvalue weighted by atomic mass is 16.6. The molecular weight excluding hydrogens is 384 g/mol. The lowest BCUT2D eigenvalue weighted by Crippen LogP contribution is -2.49. The Morgan fingerprint density at radius 3 is 2.73 bits per heavy atom. The molecule has 9 heteroatoms. The molecule has 1 aromatic heterocycles. The van der Waals surface area contributed by atoms with E-state index in [1.165, 1.54) is 0 Å². The monoisotopic (exact) mass is 418 g/mol. The molecule has 0 spiro atoms. The van der Waals surface area contributed by atoms with Gasteiger partial charge in [-0.1, -0.05) is 6.07 Å². The topological polar surface area (TPSA) is 91.3 Å². The lowest BCUT2D eigenvalue weighted by Gasteiger charge is -2.32. The Morgan fingerprint density at radius 1 is 1.27 bits per heavy atom. The van der Waals surface area contributed by atoms with Gasteiger partial charge in [-0.2, -0.15) is 0 Å². The van der Waals surface area contributed by atoms with E-state index in [-0.39, 0.29) is 12.1 Å². The second-order valence-electron chi connectivity index (χ2n) is 7.39. The molecule has 1 amide bonds. The van der Waals surface area contributed by atoms with Gasteiger partial charge in [0.2, 0.25) is 0 Å². The second-order valence-corrected chi connectivity index (χ2v) is 7.39. The quantitative estimate of drug-likeness (QED) is 0.535. The number of morpholine rings is 1. The van der Waals surface area contributed by atoms with Crippen molar-refractivity contribution in [2.45, 2.75) is 39.3 Å². The molecule has 166 valence electrons. The summed E-state index contributed by atoms with van der Waals surface area (Å²) in [6, 6.07) is 4.32. The Kier molecular flexibility index (Phi) is 8.55. The zero-order valence-corrected chi connectivity index (χ0v) is 18.1. The van der Waals surface area contributed by atoms with Crippen LogP contribution in [0.3, 0.4) is 0 Å². The molecular formula is C21H34N6O3. The van der Waals surface area contributed by atoms with Gasteiger partial charge in [0.15, 0.2) is 5.96 Å². The zero-order chi connectivity index (χ0) is 21.2. The van der Waals surface area contributed by atoms with Gasteiger partial charge in [0, 0.05) is 50.5 Å². The molecule has 2 fully saturated rings. The fourth-order valence-corrected chi connectivity index (χ4v) is 3.71. The summed E-state index contributed by atoms with van der Waals surface area (Å²) in [5.74, 6) is 1.78. The third-order valence-corrected chi connectivity index (χ3v) is 5.29. The first-order chi connectivity index (χ1) is 14.7. The largest absolute Gasteiger partial charge is 0.450 e. The molecule has 0 atom stereocenters. The van der Waals surface area contributed by atoms with Crippen LogP contribution < -0.4 is 15.5 Å². The molecule has 9 nitrogen and oxygen atoms in total. The normalized spacial score (nSPS) is 18.3. The minimum absolute atomic E-state index is 0.219. The van der Waals surface area contributed by atoms with E-state index in [1.54, 1.807) is 4.90 Å². The average molecular weight is 419 g/mol. The van der Waals surface area contributed by atoms with Crippen LogP contribution in [0.25, 0.3) is 0 Å². The van der Waals surface area contributed by atoms with E-state index in [4.69, 9.17) is 14.5 Å². The Hall–Kier alpha value is -2.55. The second kappa shape index (κ2) is 11.6. The van der Waals surface area contributed by atoms with Crippen molar-refractivity contribution in [3.05, 3.63) is 23.9 Å². The van der Waals surface area contributed by atoms with Gasteiger partial charge in [-0.3, -0.25) is 0 Å². The van der Waals surface area contributed by atoms with Crippen molar-refractivity contribution < 1.29 is 14.3 Å². The molecule has 3 rings (SSSR count). The number of nitrogens with zero attached hydrogens (tertiary/aromatic N) is 4. The van der Waals surface area contributed by atoms with Gasteiger partial charge < -0.3 is 29.9 Å². The van der Waals surface area contributed by atoms with Crippen LogP contribution in [0.2, 0.25) is 0 Å². The first kappa shape index (κ1) is 22.1. The van der Waals surface area contributed by atoms with E-state index in [9.17, 15) is 4.79 Å². The number of carbonyl (C=O) groups is 1. The minimum Gasteiger partial charge on any atom is -0.450 e. The third kappa shape index (κ3) is 6.22. The summed E-state index contributed by atoms with van der Waals surface area (Å²) in [7, 11) is 0. The number of hydrogen-bond donors (Lipinski definition) is 2. The summed E-state index contributed by atoms with van der Waals surface area (Å²) in [6.45, 7) is 10.2. The van der Waals surface area contributed by atoms with Gasteiger partial charge in [0.1, 0.15) is 5.82 Å². The molecule has 2 aliphatic rings. The smallest absolute Gasteiger partial charge is 0.409 e. The number of piperidine rings is 1. The predicted molar refractivity (Wildman–Crippen MR) is 117 cm³/mol. The average Bonchev–Trinajstić information content (AvgIpc) is 2.79. The fraction of sp³-hybridized carbons (Fsp3) is 0.667. The third-order valence-electron chi connectivity index (χ3n) is 5.29. The number of hydrogen-bond acceptors (Lipinski definition) is 6. The fourth-order valence-electron chi connectivity index (χ4n) is 3.71. The van der Waals surface area contributed by atoms with Crippen LogP contribution in [0.5, 0.6) is 0 Å². The van der Waals surface area contributed by atoms with E-state index in [0.717, 1.165) is 63.0 Å². The van der Waals surface area contributed by atoms with E-state index in [1.807, 2.05) is 19.2 Å². The molecule has 30 heavy (non-hydrogen) atoms. The Bertz CT molecular complexity index is 700. The summed E-state index contributed by atoms with van der Waals surface area (Å²) in [4.78, 5) is 25.3. The maximum Gasteiger partial charge on any atom is 0.409 e. The SMILES string of the molecule is CCNC(=NCc1cccnc1N1CCOCC1)NC1CCN(C(=O)OCC)CC1. The van der Waals surface area contributed by atoms with Gasteiger partial charge in [-0.05, 0) is 32.8 Å². The number of likely N-dealkylation sites (tertiary alicyclic amines) is 1. The predicted octanol–water partition coefficient (Wildman–Crippen LogP) is 1.59. The molecule has 3 heterocycles. The van der Waals surface area contributed by atoms with Gasteiger partial charge >= 0.3 is 6.09 Å². The number of rotatable bonds is 6. The van der Waals surface area contributed by atoms with E-state index >= 15 is 0 Å².